The molecule has 0 saturated heterocycles. The molecule has 2 aromatic carbocycles. The molecule has 2 aromatic heterocycles. The summed E-state index contributed by atoms with van der Waals surface area (Å²) in [6, 6.07) is 16.6. The number of hydrogen-bond donors (Lipinski definition) is 1. The fourth-order valence-electron chi connectivity index (χ4n) is 2.70. The highest BCUT2D eigenvalue weighted by Crippen LogP contribution is 2.40. The number of rotatable bonds is 5. The summed E-state index contributed by atoms with van der Waals surface area (Å²) in [6.07, 6.45) is 2.00. The maximum atomic E-state index is 12.7. The summed E-state index contributed by atoms with van der Waals surface area (Å²) in [5.41, 5.74) is 3.55. The topological polar surface area (TPSA) is 42.0 Å². The van der Waals surface area contributed by atoms with Gasteiger partial charge in [-0.2, -0.15) is 0 Å². The van der Waals surface area contributed by atoms with Gasteiger partial charge in [0.05, 0.1) is 14.8 Å². The van der Waals surface area contributed by atoms with Crippen molar-refractivity contribution in [3.63, 3.8) is 0 Å². The number of thiazole rings is 1. The molecule has 1 amide bonds. The van der Waals surface area contributed by atoms with Crippen molar-refractivity contribution in [1.29, 1.82) is 0 Å². The smallest absolute Gasteiger partial charge is 0.265 e. The molecule has 0 radical (unpaired) electrons. The Morgan fingerprint density at radius 2 is 1.86 bits per heavy atom. The Bertz CT molecular complexity index is 1170. The Morgan fingerprint density at radius 1 is 1.07 bits per heavy atom. The molecule has 8 heteroatoms. The first-order chi connectivity index (χ1) is 14.0. The van der Waals surface area contributed by atoms with Gasteiger partial charge in [0.15, 0.2) is 0 Å². The van der Waals surface area contributed by atoms with Gasteiger partial charge < -0.3 is 5.32 Å². The van der Waals surface area contributed by atoms with Crippen molar-refractivity contribution in [3.8, 4) is 21.8 Å². The highest BCUT2D eigenvalue weighted by atomic mass is 35.5. The summed E-state index contributed by atoms with van der Waals surface area (Å²) >= 11 is 16.6. The quantitative estimate of drug-likeness (QED) is 0.298. The number of nitrogens with one attached hydrogen (secondary N) is 1. The molecule has 4 aromatic rings. The van der Waals surface area contributed by atoms with E-state index in [1.54, 1.807) is 41.3 Å². The standard InChI is InChI=1S/C21H14Cl2N2OS3/c1-27-21-16(20-25-17(11-28-20)12-5-7-13(22)8-6-12)10-18(29-21)19(26)24-15-4-2-3-14(23)9-15/h2-11H,1H3,(H,24,26). The summed E-state index contributed by atoms with van der Waals surface area (Å²) in [7, 11) is 0. The maximum Gasteiger partial charge on any atom is 0.265 e. The number of benzene rings is 2. The predicted octanol–water partition coefficient (Wildman–Crippen LogP) is 7.82. The van der Waals surface area contributed by atoms with Gasteiger partial charge in [-0.1, -0.05) is 41.4 Å². The van der Waals surface area contributed by atoms with E-state index in [0.29, 0.717) is 20.6 Å². The average Bonchev–Trinajstić information content (AvgIpc) is 3.35. The number of thioether (sulfide) groups is 1. The minimum absolute atomic E-state index is 0.159. The maximum absolute atomic E-state index is 12.7. The fourth-order valence-corrected chi connectivity index (χ4v) is 5.76. The molecule has 0 aliphatic rings. The average molecular weight is 477 g/mol. The van der Waals surface area contributed by atoms with E-state index in [1.807, 2.05) is 48.0 Å². The molecule has 3 nitrogen and oxygen atoms in total. The van der Waals surface area contributed by atoms with Crippen LogP contribution in [0.1, 0.15) is 9.67 Å². The minimum Gasteiger partial charge on any atom is -0.321 e. The van der Waals surface area contributed by atoms with Crippen molar-refractivity contribution in [2.24, 2.45) is 0 Å². The molecule has 0 spiro atoms. The van der Waals surface area contributed by atoms with E-state index in [1.165, 1.54) is 11.3 Å². The Balaban J connectivity index is 1.61. The van der Waals surface area contributed by atoms with E-state index in [-0.39, 0.29) is 5.91 Å². The molecule has 2 heterocycles. The van der Waals surface area contributed by atoms with Gasteiger partial charge in [0.25, 0.3) is 5.91 Å². The minimum atomic E-state index is -0.159. The van der Waals surface area contributed by atoms with Crippen molar-refractivity contribution in [2.45, 2.75) is 4.21 Å². The number of amides is 1. The van der Waals surface area contributed by atoms with Gasteiger partial charge in [0.2, 0.25) is 0 Å². The van der Waals surface area contributed by atoms with Crippen LogP contribution in [-0.2, 0) is 0 Å². The molecule has 0 aliphatic heterocycles. The van der Waals surface area contributed by atoms with Gasteiger partial charge in [-0.3, -0.25) is 4.79 Å². The van der Waals surface area contributed by atoms with Gasteiger partial charge >= 0.3 is 0 Å². The van der Waals surface area contributed by atoms with Crippen LogP contribution in [-0.4, -0.2) is 17.1 Å². The van der Waals surface area contributed by atoms with Crippen LogP contribution in [0.5, 0.6) is 0 Å². The number of hydrogen-bond acceptors (Lipinski definition) is 5. The van der Waals surface area contributed by atoms with Crippen LogP contribution in [0.2, 0.25) is 10.0 Å². The number of aromatic nitrogens is 1. The van der Waals surface area contributed by atoms with E-state index >= 15 is 0 Å². The number of carbonyl (C=O) groups is 1. The molecule has 29 heavy (non-hydrogen) atoms. The number of carbonyl (C=O) groups excluding carboxylic acids is 1. The molecular formula is C21H14Cl2N2OS3. The van der Waals surface area contributed by atoms with Crippen LogP contribution >= 0.6 is 57.6 Å². The Morgan fingerprint density at radius 3 is 2.59 bits per heavy atom. The van der Waals surface area contributed by atoms with Crippen LogP contribution in [0, 0.1) is 0 Å². The van der Waals surface area contributed by atoms with Crippen LogP contribution in [0.25, 0.3) is 21.8 Å². The van der Waals surface area contributed by atoms with E-state index in [2.05, 4.69) is 5.32 Å². The summed E-state index contributed by atoms with van der Waals surface area (Å²) < 4.78 is 1.05. The molecule has 0 aliphatic carbocycles. The Kier molecular flexibility index (Phi) is 6.27. The summed E-state index contributed by atoms with van der Waals surface area (Å²) in [5.74, 6) is -0.159. The summed E-state index contributed by atoms with van der Waals surface area (Å²) in [4.78, 5) is 18.1. The lowest BCUT2D eigenvalue weighted by Crippen LogP contribution is -2.09. The number of halogens is 2. The first-order valence-corrected chi connectivity index (χ1v) is 12.2. The zero-order chi connectivity index (χ0) is 20.4. The lowest BCUT2D eigenvalue weighted by molar-refractivity contribution is 0.103. The normalized spacial score (nSPS) is 10.9. The third kappa shape index (κ3) is 4.68. The van der Waals surface area contributed by atoms with E-state index in [4.69, 9.17) is 28.2 Å². The molecule has 0 unspecified atom stereocenters. The molecule has 4 rings (SSSR count). The first-order valence-electron chi connectivity index (χ1n) is 8.50. The van der Waals surface area contributed by atoms with Gasteiger partial charge in [0.1, 0.15) is 5.01 Å². The monoisotopic (exact) mass is 476 g/mol. The molecule has 0 fully saturated rings. The molecular weight excluding hydrogens is 463 g/mol. The van der Waals surface area contributed by atoms with Crippen molar-refractivity contribution < 1.29 is 4.79 Å². The number of thiophene rings is 1. The second-order valence-electron chi connectivity index (χ2n) is 6.03. The molecule has 1 N–H and O–H groups in total. The zero-order valence-corrected chi connectivity index (χ0v) is 19.1. The molecule has 0 atom stereocenters. The first kappa shape index (κ1) is 20.4. The van der Waals surface area contributed by atoms with Crippen LogP contribution in [0.3, 0.4) is 0 Å². The largest absolute Gasteiger partial charge is 0.321 e. The van der Waals surface area contributed by atoms with Crippen molar-refractivity contribution >= 4 is 69.2 Å². The van der Waals surface area contributed by atoms with Crippen LogP contribution in [0.4, 0.5) is 5.69 Å². The number of nitrogens with zero attached hydrogens (tertiary/aromatic N) is 1. The van der Waals surface area contributed by atoms with E-state index in [9.17, 15) is 4.79 Å². The molecule has 0 saturated carbocycles. The van der Waals surface area contributed by atoms with Gasteiger partial charge in [-0.05, 0) is 42.7 Å². The second kappa shape index (κ2) is 8.90. The van der Waals surface area contributed by atoms with Crippen LogP contribution < -0.4 is 5.32 Å². The van der Waals surface area contributed by atoms with Gasteiger partial charge in [-0.15, -0.1) is 34.4 Å². The SMILES string of the molecule is CSc1sc(C(=O)Nc2cccc(Cl)c2)cc1-c1nc(-c2ccc(Cl)cc2)cs1. The second-order valence-corrected chi connectivity index (χ2v) is 9.88. The summed E-state index contributed by atoms with van der Waals surface area (Å²) in [5, 5.41) is 7.08. The van der Waals surface area contributed by atoms with Crippen molar-refractivity contribution in [2.75, 3.05) is 11.6 Å². The lowest BCUT2D eigenvalue weighted by Gasteiger charge is -2.03. The number of anilines is 1. The molecule has 0 bridgehead atoms. The predicted molar refractivity (Wildman–Crippen MR) is 127 cm³/mol. The van der Waals surface area contributed by atoms with Crippen LogP contribution in [0.15, 0.2) is 64.2 Å². The third-order valence-corrected chi connectivity index (χ3v) is 7.70. The fraction of sp³-hybridized carbons (Fsp3) is 0.0476. The molecule has 146 valence electrons. The Labute approximate surface area is 190 Å². The van der Waals surface area contributed by atoms with Gasteiger partial charge in [-0.25, -0.2) is 4.98 Å². The highest BCUT2D eigenvalue weighted by Gasteiger charge is 2.18. The van der Waals surface area contributed by atoms with Gasteiger partial charge in [0, 0.05) is 32.2 Å². The highest BCUT2D eigenvalue weighted by molar-refractivity contribution is 8.00. The van der Waals surface area contributed by atoms with Crippen molar-refractivity contribution in [3.05, 3.63) is 74.9 Å². The Hall–Kier alpha value is -1.83. The summed E-state index contributed by atoms with van der Waals surface area (Å²) in [6.45, 7) is 0. The van der Waals surface area contributed by atoms with E-state index < -0.39 is 0 Å². The zero-order valence-electron chi connectivity index (χ0n) is 15.1. The lowest BCUT2D eigenvalue weighted by atomic mass is 10.2. The third-order valence-electron chi connectivity index (χ3n) is 4.06. The van der Waals surface area contributed by atoms with Crippen molar-refractivity contribution in [1.82, 2.24) is 4.98 Å². The van der Waals surface area contributed by atoms with E-state index in [0.717, 1.165) is 26.0 Å².